The van der Waals surface area contributed by atoms with E-state index in [0.717, 1.165) is 38.5 Å². The standard InChI is InChI=1S/C20H38O5.2C4H9.Sn/c1-3-5-7-9-11-13-15-24-19(22)17-18(21)20(23)25-16-14-12-10-8-6-4-2;2*1-3-4-2;/h18,21H,3-17H2,1-2H3;2*1,3-4H2,2H3;. The van der Waals surface area contributed by atoms with Crippen LogP contribution in [-0.2, 0) is 19.1 Å². The van der Waals surface area contributed by atoms with E-state index in [4.69, 9.17) is 9.47 Å². The molecule has 6 heteroatoms. The van der Waals surface area contributed by atoms with Gasteiger partial charge in [-0.3, -0.25) is 4.79 Å². The molecule has 0 amide bonds. The fourth-order valence-electron chi connectivity index (χ4n) is 3.25. The SMILES string of the molecule is CCCCCCCCOC(=O)CC(O)C(=O)OCCCCCCCC.CCC[CH2][Sn][CH2]CCC. The molecular formula is C28H56O5Sn. The summed E-state index contributed by atoms with van der Waals surface area (Å²) in [4.78, 5) is 23.2. The molecular weight excluding hydrogens is 535 g/mol. The quantitative estimate of drug-likeness (QED) is 0.0750. The fourth-order valence-corrected chi connectivity index (χ4v) is 7.41. The molecule has 0 aromatic rings. The van der Waals surface area contributed by atoms with E-state index < -0.39 is 18.0 Å². The molecule has 0 aliphatic heterocycles. The van der Waals surface area contributed by atoms with E-state index in [0.29, 0.717) is 13.2 Å². The molecule has 34 heavy (non-hydrogen) atoms. The van der Waals surface area contributed by atoms with Crippen molar-refractivity contribution in [3.05, 3.63) is 0 Å². The third kappa shape index (κ3) is 29.7. The van der Waals surface area contributed by atoms with E-state index in [-0.39, 0.29) is 27.6 Å². The van der Waals surface area contributed by atoms with Gasteiger partial charge in [-0.15, -0.1) is 0 Å². The van der Waals surface area contributed by atoms with E-state index in [2.05, 4.69) is 27.7 Å². The van der Waals surface area contributed by atoms with Crippen molar-refractivity contribution in [3.8, 4) is 0 Å². The van der Waals surface area contributed by atoms with Gasteiger partial charge in [-0.05, 0) is 12.8 Å². The Labute approximate surface area is 221 Å². The molecule has 0 saturated heterocycles. The number of ether oxygens (including phenoxy) is 2. The van der Waals surface area contributed by atoms with E-state index in [1.54, 1.807) is 8.87 Å². The number of carbonyl (C=O) groups excluding carboxylic acids is 2. The van der Waals surface area contributed by atoms with Gasteiger partial charge in [0.15, 0.2) is 6.10 Å². The minimum atomic E-state index is -1.42. The average molecular weight is 591 g/mol. The van der Waals surface area contributed by atoms with Gasteiger partial charge in [0.25, 0.3) is 0 Å². The topological polar surface area (TPSA) is 72.8 Å². The average Bonchev–Trinajstić information content (AvgIpc) is 2.83. The molecule has 202 valence electrons. The molecule has 0 aliphatic rings. The zero-order chi connectivity index (χ0) is 25.7. The number of unbranched alkanes of at least 4 members (excludes halogenated alkanes) is 12. The number of esters is 2. The Morgan fingerprint density at radius 3 is 1.50 bits per heavy atom. The van der Waals surface area contributed by atoms with Crippen LogP contribution in [0.3, 0.4) is 0 Å². The zero-order valence-corrected chi connectivity index (χ0v) is 25.9. The second kappa shape index (κ2) is 30.7. The Kier molecular flexibility index (Phi) is 32.4. The molecule has 0 saturated carbocycles. The van der Waals surface area contributed by atoms with Gasteiger partial charge < -0.3 is 14.6 Å². The van der Waals surface area contributed by atoms with Crippen molar-refractivity contribution in [2.24, 2.45) is 0 Å². The van der Waals surface area contributed by atoms with Crippen LogP contribution in [0.25, 0.3) is 0 Å². The van der Waals surface area contributed by atoms with Crippen molar-refractivity contribution in [1.29, 1.82) is 0 Å². The van der Waals surface area contributed by atoms with Crippen LogP contribution in [0.1, 0.15) is 137 Å². The third-order valence-corrected chi connectivity index (χ3v) is 9.59. The van der Waals surface area contributed by atoms with Crippen molar-refractivity contribution in [3.63, 3.8) is 0 Å². The number of aliphatic hydroxyl groups is 1. The second-order valence-corrected chi connectivity index (χ2v) is 13.4. The maximum atomic E-state index is 11.6. The summed E-state index contributed by atoms with van der Waals surface area (Å²) in [5.41, 5.74) is 0. The zero-order valence-electron chi connectivity index (χ0n) is 23.0. The molecule has 0 heterocycles. The summed E-state index contributed by atoms with van der Waals surface area (Å²) in [6.45, 7) is 9.57. The Morgan fingerprint density at radius 1 is 0.618 bits per heavy atom. The van der Waals surface area contributed by atoms with Crippen LogP contribution in [0.5, 0.6) is 0 Å². The third-order valence-electron chi connectivity index (χ3n) is 5.55. The van der Waals surface area contributed by atoms with Crippen molar-refractivity contribution < 1.29 is 24.2 Å². The minimum absolute atomic E-state index is 0.149. The van der Waals surface area contributed by atoms with Gasteiger partial charge in [-0.1, -0.05) is 78.1 Å². The Morgan fingerprint density at radius 2 is 1.03 bits per heavy atom. The van der Waals surface area contributed by atoms with Crippen LogP contribution in [0.15, 0.2) is 0 Å². The molecule has 1 N–H and O–H groups in total. The predicted octanol–water partition coefficient (Wildman–Crippen LogP) is 7.67. The van der Waals surface area contributed by atoms with Gasteiger partial charge in [0, 0.05) is 0 Å². The van der Waals surface area contributed by atoms with Crippen molar-refractivity contribution in [2.75, 3.05) is 13.2 Å². The first-order valence-corrected chi connectivity index (χ1v) is 18.3. The molecule has 1 unspecified atom stereocenters. The van der Waals surface area contributed by atoms with E-state index in [9.17, 15) is 14.7 Å². The van der Waals surface area contributed by atoms with E-state index in [1.807, 2.05) is 0 Å². The summed E-state index contributed by atoms with van der Waals surface area (Å²) < 4.78 is 13.3. The van der Waals surface area contributed by atoms with Gasteiger partial charge in [-0.2, -0.15) is 0 Å². The van der Waals surface area contributed by atoms with Crippen LogP contribution >= 0.6 is 0 Å². The molecule has 1 atom stereocenters. The number of hydrogen-bond acceptors (Lipinski definition) is 5. The number of rotatable bonds is 23. The van der Waals surface area contributed by atoms with Crippen LogP contribution in [0, 0.1) is 0 Å². The molecule has 5 nitrogen and oxygen atoms in total. The number of carbonyl (C=O) groups is 2. The van der Waals surface area contributed by atoms with Crippen LogP contribution in [-0.4, -0.2) is 57.5 Å². The summed E-state index contributed by atoms with van der Waals surface area (Å²) in [7, 11) is 0. The monoisotopic (exact) mass is 592 g/mol. The molecule has 0 aromatic heterocycles. The first-order chi connectivity index (χ1) is 16.5. The Hall–Kier alpha value is -0.301. The summed E-state index contributed by atoms with van der Waals surface area (Å²) in [5, 5.41) is 9.69. The first kappa shape index (κ1) is 35.9. The summed E-state index contributed by atoms with van der Waals surface area (Å²) in [6.07, 6.45) is 17.4. The number of aliphatic hydroxyl groups excluding tert-OH is 1. The molecule has 0 spiro atoms. The van der Waals surface area contributed by atoms with E-state index >= 15 is 0 Å². The van der Waals surface area contributed by atoms with Crippen LogP contribution in [0.4, 0.5) is 0 Å². The summed E-state index contributed by atoms with van der Waals surface area (Å²) >= 11 is 0.149. The molecule has 0 aliphatic carbocycles. The molecule has 0 aromatic carbocycles. The predicted molar refractivity (Wildman–Crippen MR) is 144 cm³/mol. The van der Waals surface area contributed by atoms with Gasteiger partial charge in [-0.25, -0.2) is 4.79 Å². The van der Waals surface area contributed by atoms with Gasteiger partial charge in [0.1, 0.15) is 0 Å². The van der Waals surface area contributed by atoms with Crippen LogP contribution < -0.4 is 0 Å². The summed E-state index contributed by atoms with van der Waals surface area (Å²) in [6, 6.07) is 0. The van der Waals surface area contributed by atoms with Gasteiger partial charge >= 0.3 is 81.5 Å². The Bertz CT molecular complexity index is 425. The summed E-state index contributed by atoms with van der Waals surface area (Å²) in [5.74, 6) is -1.28. The normalized spacial score (nSPS) is 11.4. The fraction of sp³-hybridized carbons (Fsp3) is 0.929. The first-order valence-electron chi connectivity index (χ1n) is 14.2. The van der Waals surface area contributed by atoms with E-state index in [1.165, 1.54) is 64.2 Å². The molecule has 2 radical (unpaired) electrons. The van der Waals surface area contributed by atoms with Crippen molar-refractivity contribution in [2.45, 2.75) is 152 Å². The molecule has 0 bridgehead atoms. The number of hydrogen-bond donors (Lipinski definition) is 1. The van der Waals surface area contributed by atoms with Crippen molar-refractivity contribution in [1.82, 2.24) is 0 Å². The molecule has 0 rings (SSSR count). The second-order valence-electron chi connectivity index (χ2n) is 9.10. The van der Waals surface area contributed by atoms with Gasteiger partial charge in [0.2, 0.25) is 0 Å². The van der Waals surface area contributed by atoms with Crippen molar-refractivity contribution >= 4 is 33.1 Å². The maximum absolute atomic E-state index is 11.6. The Balaban J connectivity index is 0. The molecule has 0 fully saturated rings. The van der Waals surface area contributed by atoms with Crippen LogP contribution in [0.2, 0.25) is 8.87 Å². The van der Waals surface area contributed by atoms with Gasteiger partial charge in [0.05, 0.1) is 19.6 Å².